The molecule has 0 unspecified atom stereocenters. The quantitative estimate of drug-likeness (QED) is 0.683. The molecule has 27 heavy (non-hydrogen) atoms. The fourth-order valence-corrected chi connectivity index (χ4v) is 3.42. The van der Waals surface area contributed by atoms with Gasteiger partial charge in [-0.05, 0) is 24.3 Å². The third-order valence-electron chi connectivity index (χ3n) is 3.55. The highest BCUT2D eigenvalue weighted by atomic mass is 32.2. The zero-order chi connectivity index (χ0) is 19.3. The lowest BCUT2D eigenvalue weighted by Crippen LogP contribution is -2.24. The molecule has 0 radical (unpaired) electrons. The van der Waals surface area contributed by atoms with E-state index in [2.05, 4.69) is 21.5 Å². The molecule has 0 atom stereocenters. The molecule has 0 bridgehead atoms. The van der Waals surface area contributed by atoms with Gasteiger partial charge in [-0.2, -0.15) is 4.72 Å². The van der Waals surface area contributed by atoms with Crippen LogP contribution in [0.5, 0.6) is 5.75 Å². The number of pyridine rings is 1. The van der Waals surface area contributed by atoms with Gasteiger partial charge in [0.1, 0.15) is 17.3 Å². The first kappa shape index (κ1) is 18.8. The highest BCUT2D eigenvalue weighted by Crippen LogP contribution is 2.20. The summed E-state index contributed by atoms with van der Waals surface area (Å²) >= 11 is 0. The number of rotatable bonds is 5. The van der Waals surface area contributed by atoms with Crippen molar-refractivity contribution in [3.8, 4) is 17.6 Å². The number of hydrogen-bond acceptors (Lipinski definition) is 4. The normalized spacial score (nSPS) is 11.0. The van der Waals surface area contributed by atoms with Crippen molar-refractivity contribution in [2.24, 2.45) is 0 Å². The standard InChI is InChI=1S/C19H14F2N2O3S/c20-15-8-9-17(16(21)13-15)26-12-2-1-11-23-27(24,25)18-7-3-5-14-6-4-10-22-19(14)18/h3-10,13,23H,11-12H2. The van der Waals surface area contributed by atoms with Gasteiger partial charge >= 0.3 is 0 Å². The van der Waals surface area contributed by atoms with Crippen LogP contribution in [0.1, 0.15) is 0 Å². The molecular weight excluding hydrogens is 374 g/mol. The largest absolute Gasteiger partial charge is 0.478 e. The summed E-state index contributed by atoms with van der Waals surface area (Å²) in [4.78, 5) is 4.18. The Kier molecular flexibility index (Phi) is 5.64. The van der Waals surface area contributed by atoms with E-state index in [-0.39, 0.29) is 23.8 Å². The van der Waals surface area contributed by atoms with Gasteiger partial charge in [0.15, 0.2) is 11.6 Å². The molecule has 1 N–H and O–H groups in total. The van der Waals surface area contributed by atoms with Crippen molar-refractivity contribution in [3.63, 3.8) is 0 Å². The lowest BCUT2D eigenvalue weighted by Gasteiger charge is -2.06. The van der Waals surface area contributed by atoms with Gasteiger partial charge in [0, 0.05) is 17.6 Å². The van der Waals surface area contributed by atoms with E-state index >= 15 is 0 Å². The van der Waals surface area contributed by atoms with Gasteiger partial charge in [-0.1, -0.05) is 30.0 Å². The first-order chi connectivity index (χ1) is 13.0. The lowest BCUT2D eigenvalue weighted by molar-refractivity contribution is 0.346. The summed E-state index contributed by atoms with van der Waals surface area (Å²) in [6.45, 7) is -0.319. The second kappa shape index (κ2) is 8.12. The van der Waals surface area contributed by atoms with Crippen LogP contribution in [0.3, 0.4) is 0 Å². The van der Waals surface area contributed by atoms with E-state index in [1.54, 1.807) is 24.3 Å². The molecule has 138 valence electrons. The van der Waals surface area contributed by atoms with Gasteiger partial charge in [-0.3, -0.25) is 4.98 Å². The molecule has 3 aromatic rings. The van der Waals surface area contributed by atoms with Crippen LogP contribution in [0.2, 0.25) is 0 Å². The van der Waals surface area contributed by atoms with Gasteiger partial charge in [0.2, 0.25) is 10.0 Å². The lowest BCUT2D eigenvalue weighted by atomic mass is 10.2. The van der Waals surface area contributed by atoms with E-state index in [0.29, 0.717) is 17.0 Å². The Hall–Kier alpha value is -3.02. The van der Waals surface area contributed by atoms with E-state index in [0.717, 1.165) is 12.1 Å². The third kappa shape index (κ3) is 4.58. The number of benzene rings is 2. The highest BCUT2D eigenvalue weighted by molar-refractivity contribution is 7.89. The van der Waals surface area contributed by atoms with Crippen LogP contribution in [-0.4, -0.2) is 26.6 Å². The Morgan fingerprint density at radius 3 is 2.70 bits per heavy atom. The van der Waals surface area contributed by atoms with Gasteiger partial charge in [0.05, 0.1) is 12.1 Å². The molecule has 2 aromatic carbocycles. The minimum Gasteiger partial charge on any atom is -0.478 e. The van der Waals surface area contributed by atoms with Crippen LogP contribution in [0.4, 0.5) is 8.78 Å². The second-order valence-electron chi connectivity index (χ2n) is 5.37. The Balaban J connectivity index is 1.61. The summed E-state index contributed by atoms with van der Waals surface area (Å²) in [7, 11) is -3.80. The average molecular weight is 388 g/mol. The van der Waals surface area contributed by atoms with Crippen LogP contribution in [0, 0.1) is 23.5 Å². The SMILES string of the molecule is O=S(=O)(NCC#CCOc1ccc(F)cc1F)c1cccc2cccnc12. The molecule has 0 amide bonds. The number of nitrogens with zero attached hydrogens (tertiary/aromatic N) is 1. The van der Waals surface area contributed by atoms with E-state index in [9.17, 15) is 17.2 Å². The first-order valence-electron chi connectivity index (χ1n) is 7.84. The second-order valence-corrected chi connectivity index (χ2v) is 7.11. The van der Waals surface area contributed by atoms with E-state index in [4.69, 9.17) is 4.74 Å². The predicted octanol–water partition coefficient (Wildman–Crippen LogP) is 2.87. The number of ether oxygens (including phenoxy) is 1. The van der Waals surface area contributed by atoms with Crippen LogP contribution in [0.25, 0.3) is 10.9 Å². The summed E-state index contributed by atoms with van der Waals surface area (Å²) < 4.78 is 58.5. The molecule has 0 aliphatic carbocycles. The number of nitrogens with one attached hydrogen (secondary N) is 1. The van der Waals surface area contributed by atoms with E-state index < -0.39 is 21.7 Å². The van der Waals surface area contributed by atoms with E-state index in [1.165, 1.54) is 12.3 Å². The zero-order valence-corrected chi connectivity index (χ0v) is 14.8. The molecule has 0 saturated carbocycles. The first-order valence-corrected chi connectivity index (χ1v) is 9.33. The Morgan fingerprint density at radius 1 is 1.07 bits per heavy atom. The molecule has 0 saturated heterocycles. The maximum absolute atomic E-state index is 13.4. The summed E-state index contributed by atoms with van der Waals surface area (Å²) in [5.74, 6) is 3.47. The summed E-state index contributed by atoms with van der Waals surface area (Å²) in [6.07, 6.45) is 1.52. The zero-order valence-electron chi connectivity index (χ0n) is 13.9. The Labute approximate surface area is 155 Å². The predicted molar refractivity (Wildman–Crippen MR) is 96.6 cm³/mol. The molecule has 0 aliphatic heterocycles. The topological polar surface area (TPSA) is 68.3 Å². The number of sulfonamides is 1. The number of hydrogen-bond donors (Lipinski definition) is 1. The van der Waals surface area contributed by atoms with Crippen molar-refractivity contribution in [1.82, 2.24) is 9.71 Å². The molecule has 0 fully saturated rings. The van der Waals surface area contributed by atoms with Crippen LogP contribution in [0.15, 0.2) is 59.6 Å². The molecule has 0 spiro atoms. The van der Waals surface area contributed by atoms with E-state index in [1.807, 2.05) is 0 Å². The molecule has 8 heteroatoms. The number of halogens is 2. The van der Waals surface area contributed by atoms with Crippen molar-refractivity contribution >= 4 is 20.9 Å². The number of aromatic nitrogens is 1. The highest BCUT2D eigenvalue weighted by Gasteiger charge is 2.16. The molecule has 1 aromatic heterocycles. The molecular formula is C19H14F2N2O3S. The van der Waals surface area contributed by atoms with Crippen molar-refractivity contribution in [2.75, 3.05) is 13.2 Å². The minimum absolute atomic E-state index is 0.0621. The van der Waals surface area contributed by atoms with Crippen molar-refractivity contribution in [3.05, 3.63) is 66.4 Å². The summed E-state index contributed by atoms with van der Waals surface area (Å²) in [6, 6.07) is 11.3. The van der Waals surface area contributed by atoms with Crippen molar-refractivity contribution in [2.45, 2.75) is 4.90 Å². The van der Waals surface area contributed by atoms with Gasteiger partial charge in [-0.15, -0.1) is 0 Å². The fraction of sp³-hybridized carbons (Fsp3) is 0.105. The van der Waals surface area contributed by atoms with Gasteiger partial charge in [-0.25, -0.2) is 17.2 Å². The monoisotopic (exact) mass is 388 g/mol. The molecule has 5 nitrogen and oxygen atoms in total. The maximum atomic E-state index is 13.4. The van der Waals surface area contributed by atoms with Crippen molar-refractivity contribution in [1.29, 1.82) is 0 Å². The van der Waals surface area contributed by atoms with Crippen LogP contribution in [-0.2, 0) is 10.0 Å². The molecule has 1 heterocycles. The minimum atomic E-state index is -3.80. The Morgan fingerprint density at radius 2 is 1.89 bits per heavy atom. The third-order valence-corrected chi connectivity index (χ3v) is 4.99. The number of para-hydroxylation sites is 1. The smallest absolute Gasteiger partial charge is 0.243 e. The maximum Gasteiger partial charge on any atom is 0.243 e. The van der Waals surface area contributed by atoms with Crippen LogP contribution < -0.4 is 9.46 Å². The van der Waals surface area contributed by atoms with Gasteiger partial charge in [0.25, 0.3) is 0 Å². The van der Waals surface area contributed by atoms with Crippen molar-refractivity contribution < 1.29 is 21.9 Å². The average Bonchev–Trinajstić information content (AvgIpc) is 2.65. The van der Waals surface area contributed by atoms with Crippen LogP contribution >= 0.6 is 0 Å². The summed E-state index contributed by atoms with van der Waals surface area (Å²) in [5.41, 5.74) is 0.371. The summed E-state index contributed by atoms with van der Waals surface area (Å²) in [5, 5.41) is 0.709. The van der Waals surface area contributed by atoms with Gasteiger partial charge < -0.3 is 4.74 Å². The number of fused-ring (bicyclic) bond motifs is 1. The molecule has 3 rings (SSSR count). The Bertz CT molecular complexity index is 1130. The fourth-order valence-electron chi connectivity index (χ4n) is 2.32. The molecule has 0 aliphatic rings.